The van der Waals surface area contributed by atoms with Gasteiger partial charge in [-0.25, -0.2) is 4.79 Å². The maximum atomic E-state index is 12.3. The standard InChI is InChI=1S/C12H17BrN4O3/c1-7-8(2)17(4-3-14-7)10(18)6-16-5-9(13)11(19)15-12(16)20/h5,7-8,14H,3-4,6H2,1-2H3,(H,15,19,20). The van der Waals surface area contributed by atoms with Gasteiger partial charge in [0.2, 0.25) is 5.91 Å². The topological polar surface area (TPSA) is 87.2 Å². The Morgan fingerprint density at radius 2 is 2.15 bits per heavy atom. The third kappa shape index (κ3) is 3.01. The number of H-pyrrole nitrogens is 1. The average Bonchev–Trinajstić information content (AvgIpc) is 2.39. The van der Waals surface area contributed by atoms with E-state index in [4.69, 9.17) is 0 Å². The van der Waals surface area contributed by atoms with Crippen LogP contribution in [0, 0.1) is 0 Å². The average molecular weight is 345 g/mol. The van der Waals surface area contributed by atoms with E-state index in [0.29, 0.717) is 6.54 Å². The van der Waals surface area contributed by atoms with Gasteiger partial charge < -0.3 is 10.2 Å². The lowest BCUT2D eigenvalue weighted by Gasteiger charge is -2.38. The van der Waals surface area contributed by atoms with Crippen molar-refractivity contribution in [1.82, 2.24) is 19.8 Å². The quantitative estimate of drug-likeness (QED) is 0.757. The lowest BCUT2D eigenvalue weighted by Crippen LogP contribution is -2.58. The Hall–Kier alpha value is -1.41. The van der Waals surface area contributed by atoms with Crippen molar-refractivity contribution in [2.24, 2.45) is 0 Å². The van der Waals surface area contributed by atoms with E-state index in [1.54, 1.807) is 4.90 Å². The van der Waals surface area contributed by atoms with Crippen LogP contribution in [-0.4, -0.2) is 45.5 Å². The van der Waals surface area contributed by atoms with E-state index in [1.165, 1.54) is 10.8 Å². The molecular formula is C12H17BrN4O3. The molecule has 2 N–H and O–H groups in total. The van der Waals surface area contributed by atoms with Crippen LogP contribution in [0.4, 0.5) is 0 Å². The fraction of sp³-hybridized carbons (Fsp3) is 0.583. The van der Waals surface area contributed by atoms with Gasteiger partial charge in [0.1, 0.15) is 6.54 Å². The first kappa shape index (κ1) is 15.0. The first-order valence-corrected chi connectivity index (χ1v) is 7.21. The normalized spacial score (nSPS) is 22.9. The number of amides is 1. The number of carbonyl (C=O) groups excluding carboxylic acids is 1. The monoisotopic (exact) mass is 344 g/mol. The molecule has 2 rings (SSSR count). The second kappa shape index (κ2) is 5.92. The summed E-state index contributed by atoms with van der Waals surface area (Å²) in [5.41, 5.74) is -1.08. The molecule has 2 unspecified atom stereocenters. The third-order valence-electron chi connectivity index (χ3n) is 3.63. The third-order valence-corrected chi connectivity index (χ3v) is 4.19. The number of aromatic amines is 1. The zero-order valence-electron chi connectivity index (χ0n) is 11.4. The molecule has 1 aromatic heterocycles. The van der Waals surface area contributed by atoms with E-state index in [0.717, 1.165) is 6.54 Å². The highest BCUT2D eigenvalue weighted by molar-refractivity contribution is 9.10. The van der Waals surface area contributed by atoms with Gasteiger partial charge in [0.25, 0.3) is 5.56 Å². The minimum Gasteiger partial charge on any atom is -0.336 e. The van der Waals surface area contributed by atoms with Crippen LogP contribution in [0.1, 0.15) is 13.8 Å². The smallest absolute Gasteiger partial charge is 0.328 e. The fourth-order valence-corrected chi connectivity index (χ4v) is 2.59. The lowest BCUT2D eigenvalue weighted by molar-refractivity contribution is -0.135. The molecular weight excluding hydrogens is 328 g/mol. The number of rotatable bonds is 2. The predicted molar refractivity (Wildman–Crippen MR) is 77.7 cm³/mol. The minimum atomic E-state index is -0.581. The second-order valence-electron chi connectivity index (χ2n) is 4.93. The van der Waals surface area contributed by atoms with Gasteiger partial charge in [0.05, 0.1) is 4.47 Å². The summed E-state index contributed by atoms with van der Waals surface area (Å²) >= 11 is 3.05. The van der Waals surface area contributed by atoms with E-state index in [2.05, 4.69) is 26.2 Å². The molecule has 0 spiro atoms. The van der Waals surface area contributed by atoms with Gasteiger partial charge in [-0.3, -0.25) is 19.1 Å². The first-order valence-electron chi connectivity index (χ1n) is 6.42. The first-order chi connectivity index (χ1) is 9.40. The Morgan fingerprint density at radius 1 is 1.45 bits per heavy atom. The Kier molecular flexibility index (Phi) is 4.44. The molecule has 1 amide bonds. The van der Waals surface area contributed by atoms with E-state index in [-0.39, 0.29) is 29.0 Å². The van der Waals surface area contributed by atoms with Gasteiger partial charge in [-0.1, -0.05) is 0 Å². The highest BCUT2D eigenvalue weighted by Crippen LogP contribution is 2.09. The lowest BCUT2D eigenvalue weighted by atomic mass is 10.1. The maximum Gasteiger partial charge on any atom is 0.328 e. The minimum absolute atomic E-state index is 0.0677. The van der Waals surface area contributed by atoms with Crippen LogP contribution in [0.25, 0.3) is 0 Å². The number of hydrogen-bond donors (Lipinski definition) is 2. The molecule has 110 valence electrons. The summed E-state index contributed by atoms with van der Waals surface area (Å²) in [7, 11) is 0. The summed E-state index contributed by atoms with van der Waals surface area (Å²) in [6, 6.07) is 0.282. The highest BCUT2D eigenvalue weighted by atomic mass is 79.9. The summed E-state index contributed by atoms with van der Waals surface area (Å²) in [6.07, 6.45) is 1.34. The van der Waals surface area contributed by atoms with Crippen molar-refractivity contribution in [2.45, 2.75) is 32.5 Å². The molecule has 20 heavy (non-hydrogen) atoms. The highest BCUT2D eigenvalue weighted by Gasteiger charge is 2.28. The molecule has 1 aromatic rings. The Morgan fingerprint density at radius 3 is 2.85 bits per heavy atom. The zero-order valence-corrected chi connectivity index (χ0v) is 12.9. The molecule has 1 fully saturated rings. The van der Waals surface area contributed by atoms with Crippen LogP contribution in [0.15, 0.2) is 20.3 Å². The zero-order chi connectivity index (χ0) is 14.9. The van der Waals surface area contributed by atoms with Gasteiger partial charge in [0.15, 0.2) is 0 Å². The molecule has 2 heterocycles. The summed E-state index contributed by atoms with van der Waals surface area (Å²) in [6.45, 7) is 5.27. The van der Waals surface area contributed by atoms with E-state index >= 15 is 0 Å². The molecule has 1 aliphatic rings. The van der Waals surface area contributed by atoms with Crippen molar-refractivity contribution in [3.8, 4) is 0 Å². The van der Waals surface area contributed by atoms with E-state index in [9.17, 15) is 14.4 Å². The molecule has 0 aliphatic carbocycles. The fourth-order valence-electron chi connectivity index (χ4n) is 2.25. The van der Waals surface area contributed by atoms with Crippen LogP contribution < -0.4 is 16.6 Å². The molecule has 0 aromatic carbocycles. The molecule has 7 nitrogen and oxygen atoms in total. The molecule has 1 aliphatic heterocycles. The van der Waals surface area contributed by atoms with Crippen LogP contribution in [-0.2, 0) is 11.3 Å². The Balaban J connectivity index is 2.18. The van der Waals surface area contributed by atoms with Crippen molar-refractivity contribution in [3.05, 3.63) is 31.5 Å². The van der Waals surface area contributed by atoms with Gasteiger partial charge in [-0.15, -0.1) is 0 Å². The van der Waals surface area contributed by atoms with Crippen molar-refractivity contribution in [3.63, 3.8) is 0 Å². The Labute approximate surface area is 124 Å². The van der Waals surface area contributed by atoms with Crippen LogP contribution in [0.3, 0.4) is 0 Å². The molecule has 8 heteroatoms. The number of aromatic nitrogens is 2. The maximum absolute atomic E-state index is 12.3. The van der Waals surface area contributed by atoms with Crippen LogP contribution >= 0.6 is 15.9 Å². The van der Waals surface area contributed by atoms with E-state index < -0.39 is 11.2 Å². The largest absolute Gasteiger partial charge is 0.336 e. The number of piperazine rings is 1. The number of carbonyl (C=O) groups is 1. The van der Waals surface area contributed by atoms with Gasteiger partial charge >= 0.3 is 5.69 Å². The van der Waals surface area contributed by atoms with Gasteiger partial charge in [-0.2, -0.15) is 0 Å². The number of nitrogens with one attached hydrogen (secondary N) is 2. The van der Waals surface area contributed by atoms with Gasteiger partial charge in [0, 0.05) is 31.4 Å². The van der Waals surface area contributed by atoms with Crippen LogP contribution in [0.5, 0.6) is 0 Å². The number of hydrogen-bond acceptors (Lipinski definition) is 4. The van der Waals surface area contributed by atoms with Crippen molar-refractivity contribution >= 4 is 21.8 Å². The van der Waals surface area contributed by atoms with Crippen molar-refractivity contribution < 1.29 is 4.79 Å². The number of halogens is 1. The van der Waals surface area contributed by atoms with E-state index in [1.807, 2.05) is 13.8 Å². The summed E-state index contributed by atoms with van der Waals surface area (Å²) in [4.78, 5) is 39.1. The van der Waals surface area contributed by atoms with Gasteiger partial charge in [-0.05, 0) is 29.8 Å². The van der Waals surface area contributed by atoms with Crippen LogP contribution in [0.2, 0.25) is 0 Å². The predicted octanol–water partition coefficient (Wildman–Crippen LogP) is -0.492. The molecule has 1 saturated heterocycles. The molecule has 0 bridgehead atoms. The Bertz CT molecular complexity index is 624. The van der Waals surface area contributed by atoms with Crippen molar-refractivity contribution in [2.75, 3.05) is 13.1 Å². The SMILES string of the molecule is CC1NCCN(C(=O)Cn2cc(Br)c(=O)[nH]c2=O)C1C. The second-order valence-corrected chi connectivity index (χ2v) is 5.79. The molecule has 2 atom stereocenters. The molecule has 0 saturated carbocycles. The summed E-state index contributed by atoms with van der Waals surface area (Å²) in [5, 5.41) is 3.29. The number of nitrogens with zero attached hydrogens (tertiary/aromatic N) is 2. The van der Waals surface area contributed by atoms with Crippen molar-refractivity contribution in [1.29, 1.82) is 0 Å². The summed E-state index contributed by atoms with van der Waals surface area (Å²) in [5.74, 6) is -0.133. The molecule has 0 radical (unpaired) electrons. The summed E-state index contributed by atoms with van der Waals surface area (Å²) < 4.78 is 1.43.